The van der Waals surface area contributed by atoms with E-state index in [9.17, 15) is 9.59 Å². The van der Waals surface area contributed by atoms with Crippen LogP contribution in [0.4, 0.5) is 0 Å². The Labute approximate surface area is 141 Å². The molecule has 1 heterocycles. The van der Waals surface area contributed by atoms with Crippen LogP contribution in [0, 0.1) is 5.92 Å². The monoisotopic (exact) mass is 329 g/mol. The fraction of sp³-hybridized carbons (Fsp3) is 0.474. The molecule has 0 aliphatic heterocycles. The highest BCUT2D eigenvalue weighted by molar-refractivity contribution is 5.92. The summed E-state index contributed by atoms with van der Waals surface area (Å²) in [5, 5.41) is 1.28. The topological polar surface area (TPSA) is 68.4 Å². The number of benzene rings is 1. The number of carbonyl (C=O) groups excluding carboxylic acids is 1. The molecule has 1 saturated carbocycles. The number of aromatic amines is 1. The van der Waals surface area contributed by atoms with Gasteiger partial charge >= 0.3 is 5.97 Å². The molecule has 1 N–H and O–H groups in total. The van der Waals surface area contributed by atoms with Gasteiger partial charge in [-0.2, -0.15) is 0 Å². The van der Waals surface area contributed by atoms with E-state index in [4.69, 9.17) is 9.47 Å². The van der Waals surface area contributed by atoms with Gasteiger partial charge in [-0.05, 0) is 36.3 Å². The minimum Gasteiger partial charge on any atom is -0.459 e. The van der Waals surface area contributed by atoms with Crippen LogP contribution in [0.2, 0.25) is 0 Å². The van der Waals surface area contributed by atoms with Crippen molar-refractivity contribution < 1.29 is 14.3 Å². The molecule has 24 heavy (non-hydrogen) atoms. The zero-order chi connectivity index (χ0) is 16.9. The van der Waals surface area contributed by atoms with Crippen molar-refractivity contribution in [3.8, 4) is 0 Å². The van der Waals surface area contributed by atoms with E-state index in [1.165, 1.54) is 19.3 Å². The van der Waals surface area contributed by atoms with E-state index in [1.54, 1.807) is 24.3 Å². The molecule has 0 amide bonds. The third-order valence-corrected chi connectivity index (χ3v) is 4.65. The summed E-state index contributed by atoms with van der Waals surface area (Å²) in [7, 11) is 0. The number of pyridine rings is 1. The van der Waals surface area contributed by atoms with Gasteiger partial charge in [-0.25, -0.2) is 4.79 Å². The lowest BCUT2D eigenvalue weighted by Crippen LogP contribution is -2.27. The van der Waals surface area contributed by atoms with Crippen LogP contribution in [0.15, 0.2) is 35.1 Å². The molecule has 0 saturated heterocycles. The summed E-state index contributed by atoms with van der Waals surface area (Å²) in [5.74, 6) is 0.0319. The Bertz CT molecular complexity index is 767. The van der Waals surface area contributed by atoms with Crippen molar-refractivity contribution in [2.24, 2.45) is 5.92 Å². The number of rotatable bonds is 5. The fourth-order valence-electron chi connectivity index (χ4n) is 3.26. The zero-order valence-corrected chi connectivity index (χ0v) is 13.9. The molecule has 0 unspecified atom stereocenters. The second-order valence-electron chi connectivity index (χ2n) is 6.41. The Morgan fingerprint density at radius 1 is 1.21 bits per heavy atom. The minimum atomic E-state index is -0.529. The SMILES string of the molecule is C[C@@H]1CCCC[C@@H]1OCCOC(=O)c1cc2ccccc2c(=O)[nH]1. The lowest BCUT2D eigenvalue weighted by Gasteiger charge is -2.28. The molecule has 1 fully saturated rings. The van der Waals surface area contributed by atoms with Crippen LogP contribution in [-0.4, -0.2) is 30.3 Å². The average Bonchev–Trinajstić information content (AvgIpc) is 2.60. The summed E-state index contributed by atoms with van der Waals surface area (Å²) >= 11 is 0. The van der Waals surface area contributed by atoms with Crippen LogP contribution in [0.5, 0.6) is 0 Å². The molecule has 1 aromatic carbocycles. The quantitative estimate of drug-likeness (QED) is 0.675. The van der Waals surface area contributed by atoms with E-state index in [1.807, 2.05) is 6.07 Å². The lowest BCUT2D eigenvalue weighted by molar-refractivity contribution is -0.0272. The van der Waals surface area contributed by atoms with Gasteiger partial charge in [-0.3, -0.25) is 4.79 Å². The highest BCUT2D eigenvalue weighted by atomic mass is 16.6. The summed E-state index contributed by atoms with van der Waals surface area (Å²) < 4.78 is 11.1. The Balaban J connectivity index is 1.54. The molecule has 1 aromatic heterocycles. The maximum absolute atomic E-state index is 12.1. The minimum absolute atomic E-state index is 0.171. The summed E-state index contributed by atoms with van der Waals surface area (Å²) in [6, 6.07) is 8.79. The number of ether oxygens (including phenoxy) is 2. The van der Waals surface area contributed by atoms with Gasteiger partial charge in [0.05, 0.1) is 12.7 Å². The third kappa shape index (κ3) is 3.85. The summed E-state index contributed by atoms with van der Waals surface area (Å²) in [5.41, 5.74) is -0.114. The lowest BCUT2D eigenvalue weighted by atomic mass is 9.88. The van der Waals surface area contributed by atoms with Crippen LogP contribution in [0.1, 0.15) is 43.1 Å². The Kier molecular flexibility index (Phi) is 5.30. The smallest absolute Gasteiger partial charge is 0.354 e. The Morgan fingerprint density at radius 3 is 2.83 bits per heavy atom. The van der Waals surface area contributed by atoms with E-state index < -0.39 is 5.97 Å². The van der Waals surface area contributed by atoms with Crippen molar-refractivity contribution in [3.05, 3.63) is 46.4 Å². The Morgan fingerprint density at radius 2 is 2.00 bits per heavy atom. The van der Waals surface area contributed by atoms with E-state index >= 15 is 0 Å². The number of aromatic nitrogens is 1. The summed E-state index contributed by atoms with van der Waals surface area (Å²) in [6.45, 7) is 2.78. The number of carbonyl (C=O) groups is 1. The molecule has 5 heteroatoms. The number of hydrogen-bond donors (Lipinski definition) is 1. The second-order valence-corrected chi connectivity index (χ2v) is 6.41. The normalized spacial score (nSPS) is 20.9. The van der Waals surface area contributed by atoms with Gasteiger partial charge in [0.2, 0.25) is 0 Å². The first-order valence-electron chi connectivity index (χ1n) is 8.56. The number of nitrogens with one attached hydrogen (secondary N) is 1. The van der Waals surface area contributed by atoms with Gasteiger partial charge < -0.3 is 14.5 Å². The molecular weight excluding hydrogens is 306 g/mol. The third-order valence-electron chi connectivity index (χ3n) is 4.65. The molecule has 0 bridgehead atoms. The van der Waals surface area contributed by atoms with Crippen molar-refractivity contribution >= 4 is 16.7 Å². The number of fused-ring (bicyclic) bond motifs is 1. The number of hydrogen-bond acceptors (Lipinski definition) is 4. The van der Waals surface area contributed by atoms with Gasteiger partial charge in [0.15, 0.2) is 0 Å². The zero-order valence-electron chi connectivity index (χ0n) is 13.9. The summed E-state index contributed by atoms with van der Waals surface area (Å²) in [6.07, 6.45) is 5.01. The van der Waals surface area contributed by atoms with Gasteiger partial charge in [0.1, 0.15) is 12.3 Å². The van der Waals surface area contributed by atoms with E-state index in [0.29, 0.717) is 17.9 Å². The summed E-state index contributed by atoms with van der Waals surface area (Å²) in [4.78, 5) is 26.7. The molecule has 2 aromatic rings. The highest BCUT2D eigenvalue weighted by Gasteiger charge is 2.21. The first-order chi connectivity index (χ1) is 11.6. The molecule has 0 spiro atoms. The van der Waals surface area contributed by atoms with Crippen molar-refractivity contribution in [2.75, 3.05) is 13.2 Å². The maximum Gasteiger partial charge on any atom is 0.354 e. The molecule has 1 aliphatic rings. The standard InChI is InChI=1S/C19H23NO4/c1-13-6-2-5-9-17(13)23-10-11-24-19(22)16-12-14-7-3-4-8-15(14)18(21)20-16/h3-4,7-8,12-13,17H,2,5-6,9-11H2,1H3,(H,20,21)/t13-,17+/m1/s1. The predicted octanol–water partition coefficient (Wildman–Crippen LogP) is 3.28. The van der Waals surface area contributed by atoms with Crippen molar-refractivity contribution in [3.63, 3.8) is 0 Å². The highest BCUT2D eigenvalue weighted by Crippen LogP contribution is 2.26. The first-order valence-corrected chi connectivity index (χ1v) is 8.56. The van der Waals surface area contributed by atoms with Crippen molar-refractivity contribution in [2.45, 2.75) is 38.7 Å². The molecule has 0 radical (unpaired) electrons. The first kappa shape index (κ1) is 16.7. The van der Waals surface area contributed by atoms with Gasteiger partial charge in [-0.1, -0.05) is 38.0 Å². The fourth-order valence-corrected chi connectivity index (χ4v) is 3.26. The molecule has 3 rings (SSSR count). The number of esters is 1. The molecule has 1 aliphatic carbocycles. The van der Waals surface area contributed by atoms with Crippen LogP contribution in [0.25, 0.3) is 10.8 Å². The van der Waals surface area contributed by atoms with E-state index in [0.717, 1.165) is 11.8 Å². The van der Waals surface area contributed by atoms with E-state index in [2.05, 4.69) is 11.9 Å². The predicted molar refractivity (Wildman–Crippen MR) is 92.2 cm³/mol. The van der Waals surface area contributed by atoms with Gasteiger partial charge in [-0.15, -0.1) is 0 Å². The molecule has 2 atom stereocenters. The van der Waals surface area contributed by atoms with Crippen molar-refractivity contribution in [1.82, 2.24) is 4.98 Å². The van der Waals surface area contributed by atoms with E-state index in [-0.39, 0.29) is 24.0 Å². The molecule has 5 nitrogen and oxygen atoms in total. The molecule has 128 valence electrons. The van der Waals surface area contributed by atoms with Gasteiger partial charge in [0.25, 0.3) is 5.56 Å². The van der Waals surface area contributed by atoms with Crippen molar-refractivity contribution in [1.29, 1.82) is 0 Å². The van der Waals surface area contributed by atoms with Crippen LogP contribution in [0.3, 0.4) is 0 Å². The largest absolute Gasteiger partial charge is 0.459 e. The number of H-pyrrole nitrogens is 1. The Hall–Kier alpha value is -2.14. The van der Waals surface area contributed by atoms with Gasteiger partial charge in [0, 0.05) is 5.39 Å². The van der Waals surface area contributed by atoms with Crippen LogP contribution < -0.4 is 5.56 Å². The van der Waals surface area contributed by atoms with Crippen LogP contribution >= 0.6 is 0 Å². The van der Waals surface area contributed by atoms with Crippen LogP contribution in [-0.2, 0) is 9.47 Å². The maximum atomic E-state index is 12.1. The average molecular weight is 329 g/mol. The second kappa shape index (κ2) is 7.62. The molecular formula is C19H23NO4.